The Bertz CT molecular complexity index is 149. The van der Waals surface area contributed by atoms with Gasteiger partial charge < -0.3 is 14.2 Å². The normalized spacial score (nSPS) is 12.0. The van der Waals surface area contributed by atoms with Crippen molar-refractivity contribution in [3.8, 4) is 0 Å². The van der Waals surface area contributed by atoms with E-state index >= 15 is 0 Å². The summed E-state index contributed by atoms with van der Waals surface area (Å²) in [6, 6.07) is 0. The summed E-state index contributed by atoms with van der Waals surface area (Å²) in [5.74, 6) is 0. The number of rotatable bonds is 11. The molecule has 4 nitrogen and oxygen atoms in total. The molecule has 0 bridgehead atoms. The first-order chi connectivity index (χ1) is 8.06. The van der Waals surface area contributed by atoms with Gasteiger partial charge in [0.25, 0.3) is 0 Å². The third-order valence-corrected chi connectivity index (χ3v) is 2.33. The summed E-state index contributed by atoms with van der Waals surface area (Å²) in [6.45, 7) is 13.3. The van der Waals surface area contributed by atoms with Crippen LogP contribution in [0.5, 0.6) is 0 Å². The van der Waals surface area contributed by atoms with Gasteiger partial charge in [0.15, 0.2) is 0 Å². The Morgan fingerprint density at radius 1 is 0.765 bits per heavy atom. The van der Waals surface area contributed by atoms with E-state index in [9.17, 15) is 0 Å². The lowest BCUT2D eigenvalue weighted by molar-refractivity contribution is 0.0279. The fourth-order valence-corrected chi connectivity index (χ4v) is 1.39. The summed E-state index contributed by atoms with van der Waals surface area (Å²) < 4.78 is 16.2. The van der Waals surface area contributed by atoms with Gasteiger partial charge in [-0.2, -0.15) is 0 Å². The lowest BCUT2D eigenvalue weighted by Gasteiger charge is -2.22. The lowest BCUT2D eigenvalue weighted by atomic mass is 10.4. The zero-order valence-electron chi connectivity index (χ0n) is 12.1. The Morgan fingerprint density at radius 2 is 1.18 bits per heavy atom. The number of methoxy groups -OCH3 is 1. The van der Waals surface area contributed by atoms with Crippen molar-refractivity contribution in [3.05, 3.63) is 0 Å². The van der Waals surface area contributed by atoms with E-state index in [0.29, 0.717) is 12.2 Å². The fourth-order valence-electron chi connectivity index (χ4n) is 1.39. The molecular formula is C13H29NO3. The summed E-state index contributed by atoms with van der Waals surface area (Å²) in [6.07, 6.45) is 0.595. The summed E-state index contributed by atoms with van der Waals surface area (Å²) in [7, 11) is 1.73. The second kappa shape index (κ2) is 11.0. The van der Waals surface area contributed by atoms with Crippen LogP contribution < -0.4 is 0 Å². The molecule has 0 aromatic heterocycles. The van der Waals surface area contributed by atoms with Crippen LogP contribution in [0.15, 0.2) is 0 Å². The average molecular weight is 247 g/mol. The van der Waals surface area contributed by atoms with Gasteiger partial charge in [0.2, 0.25) is 0 Å². The van der Waals surface area contributed by atoms with Gasteiger partial charge in [-0.3, -0.25) is 4.90 Å². The second-order valence-corrected chi connectivity index (χ2v) is 4.67. The molecule has 0 spiro atoms. The third-order valence-electron chi connectivity index (χ3n) is 2.33. The molecule has 4 heteroatoms. The molecule has 0 rings (SSSR count). The van der Waals surface area contributed by atoms with Crippen LogP contribution in [0.1, 0.15) is 27.7 Å². The summed E-state index contributed by atoms with van der Waals surface area (Å²) in [5.41, 5.74) is 0. The minimum absolute atomic E-state index is 0.297. The van der Waals surface area contributed by atoms with Crippen molar-refractivity contribution in [1.82, 2.24) is 4.90 Å². The topological polar surface area (TPSA) is 30.9 Å². The van der Waals surface area contributed by atoms with Gasteiger partial charge in [-0.15, -0.1) is 0 Å². The SMILES string of the molecule is COCCN(CCOC(C)C)CCOC(C)C. The van der Waals surface area contributed by atoms with Crippen LogP contribution in [0.3, 0.4) is 0 Å². The van der Waals surface area contributed by atoms with Crippen molar-refractivity contribution >= 4 is 0 Å². The Morgan fingerprint density at radius 3 is 1.53 bits per heavy atom. The third kappa shape index (κ3) is 12.1. The first-order valence-corrected chi connectivity index (χ1v) is 6.50. The van der Waals surface area contributed by atoms with Gasteiger partial charge >= 0.3 is 0 Å². The highest BCUT2D eigenvalue weighted by Gasteiger charge is 2.06. The first-order valence-electron chi connectivity index (χ1n) is 6.50. The molecule has 0 radical (unpaired) electrons. The van der Waals surface area contributed by atoms with E-state index in [4.69, 9.17) is 14.2 Å². The van der Waals surface area contributed by atoms with Crippen molar-refractivity contribution in [3.63, 3.8) is 0 Å². The van der Waals surface area contributed by atoms with E-state index in [0.717, 1.165) is 39.5 Å². The second-order valence-electron chi connectivity index (χ2n) is 4.67. The van der Waals surface area contributed by atoms with E-state index < -0.39 is 0 Å². The smallest absolute Gasteiger partial charge is 0.0596 e. The molecule has 0 atom stereocenters. The predicted molar refractivity (Wildman–Crippen MR) is 70.5 cm³/mol. The number of hydrogen-bond donors (Lipinski definition) is 0. The molecule has 0 aliphatic carbocycles. The van der Waals surface area contributed by atoms with Gasteiger partial charge in [-0.25, -0.2) is 0 Å². The van der Waals surface area contributed by atoms with Gasteiger partial charge in [0, 0.05) is 26.7 Å². The average Bonchev–Trinajstić information content (AvgIpc) is 2.24. The molecule has 0 aliphatic rings. The molecule has 0 N–H and O–H groups in total. The molecule has 0 unspecified atom stereocenters. The molecule has 0 amide bonds. The molecule has 0 heterocycles. The van der Waals surface area contributed by atoms with E-state index in [1.807, 2.05) is 0 Å². The van der Waals surface area contributed by atoms with Gasteiger partial charge in [0.05, 0.1) is 32.0 Å². The molecular weight excluding hydrogens is 218 g/mol. The van der Waals surface area contributed by atoms with Crippen molar-refractivity contribution in [1.29, 1.82) is 0 Å². The molecule has 0 aromatic rings. The number of ether oxygens (including phenoxy) is 3. The maximum absolute atomic E-state index is 5.56. The van der Waals surface area contributed by atoms with Crippen molar-refractivity contribution in [2.75, 3.05) is 46.6 Å². The van der Waals surface area contributed by atoms with Crippen molar-refractivity contribution < 1.29 is 14.2 Å². The minimum atomic E-state index is 0.297. The number of hydrogen-bond acceptors (Lipinski definition) is 4. The van der Waals surface area contributed by atoms with Crippen molar-refractivity contribution in [2.24, 2.45) is 0 Å². The van der Waals surface area contributed by atoms with Crippen LogP contribution in [0.25, 0.3) is 0 Å². The van der Waals surface area contributed by atoms with Gasteiger partial charge in [0.1, 0.15) is 0 Å². The highest BCUT2D eigenvalue weighted by Crippen LogP contribution is 1.95. The summed E-state index contributed by atoms with van der Waals surface area (Å²) in [4.78, 5) is 2.31. The maximum atomic E-state index is 5.56. The molecule has 104 valence electrons. The largest absolute Gasteiger partial charge is 0.383 e. The minimum Gasteiger partial charge on any atom is -0.383 e. The lowest BCUT2D eigenvalue weighted by Crippen LogP contribution is -2.34. The molecule has 0 saturated carbocycles. The van der Waals surface area contributed by atoms with E-state index in [-0.39, 0.29) is 0 Å². The highest BCUT2D eigenvalue weighted by molar-refractivity contribution is 4.57. The molecule has 17 heavy (non-hydrogen) atoms. The molecule has 0 aliphatic heterocycles. The Kier molecular flexibility index (Phi) is 10.9. The van der Waals surface area contributed by atoms with E-state index in [1.54, 1.807) is 7.11 Å². The molecule has 0 aromatic carbocycles. The standard InChI is InChI=1S/C13H29NO3/c1-12(2)16-10-7-14(6-9-15-5)8-11-17-13(3)4/h12-13H,6-11H2,1-5H3. The van der Waals surface area contributed by atoms with Crippen molar-refractivity contribution in [2.45, 2.75) is 39.9 Å². The Labute approximate surface area is 106 Å². The van der Waals surface area contributed by atoms with Crippen LogP contribution in [0, 0.1) is 0 Å². The van der Waals surface area contributed by atoms with Crippen LogP contribution in [0.4, 0.5) is 0 Å². The van der Waals surface area contributed by atoms with Crippen LogP contribution >= 0.6 is 0 Å². The summed E-state index contributed by atoms with van der Waals surface area (Å²) >= 11 is 0. The first kappa shape index (κ1) is 16.8. The van der Waals surface area contributed by atoms with Crippen LogP contribution in [0.2, 0.25) is 0 Å². The Balaban J connectivity index is 3.71. The summed E-state index contributed by atoms with van der Waals surface area (Å²) in [5, 5.41) is 0. The highest BCUT2D eigenvalue weighted by atomic mass is 16.5. The monoisotopic (exact) mass is 247 g/mol. The fraction of sp³-hybridized carbons (Fsp3) is 1.00. The zero-order chi connectivity index (χ0) is 13.1. The quantitative estimate of drug-likeness (QED) is 0.557. The van der Waals surface area contributed by atoms with Crippen LogP contribution in [-0.4, -0.2) is 63.7 Å². The zero-order valence-corrected chi connectivity index (χ0v) is 12.1. The maximum Gasteiger partial charge on any atom is 0.0596 e. The predicted octanol–water partition coefficient (Wildman–Crippen LogP) is 1.78. The molecule has 0 fully saturated rings. The van der Waals surface area contributed by atoms with E-state index in [1.165, 1.54) is 0 Å². The van der Waals surface area contributed by atoms with E-state index in [2.05, 4.69) is 32.6 Å². The molecule has 0 saturated heterocycles. The van der Waals surface area contributed by atoms with Gasteiger partial charge in [-0.1, -0.05) is 0 Å². The Hall–Kier alpha value is -0.160. The van der Waals surface area contributed by atoms with Gasteiger partial charge in [-0.05, 0) is 27.7 Å². The van der Waals surface area contributed by atoms with Crippen LogP contribution in [-0.2, 0) is 14.2 Å². The number of nitrogens with zero attached hydrogens (tertiary/aromatic N) is 1.